The molecule has 0 aromatic rings. The Morgan fingerprint density at radius 2 is 0.539 bits per heavy atom. The van der Waals surface area contributed by atoms with Gasteiger partial charge in [-0.25, -0.2) is 0 Å². The predicted octanol–water partition coefficient (Wildman–Crippen LogP) is 22.6. The SMILES string of the molecule is CCCCCCCCCCCCCCCCCCCCCCC(O)C(CO)NC(=O)CCCCCCCCCCCCCCCCCCCCCCCCCOC(=O)CCCCCCCCCCCCCCCCCC. The minimum Gasteiger partial charge on any atom is -0.466 e. The van der Waals surface area contributed by atoms with Crippen LogP contribution in [0.3, 0.4) is 0 Å². The number of rotatable bonds is 67. The van der Waals surface area contributed by atoms with Gasteiger partial charge >= 0.3 is 5.97 Å². The lowest BCUT2D eigenvalue weighted by molar-refractivity contribution is -0.143. The number of aliphatic hydroxyl groups excluding tert-OH is 2. The summed E-state index contributed by atoms with van der Waals surface area (Å²) in [5.41, 5.74) is 0. The summed E-state index contributed by atoms with van der Waals surface area (Å²) in [5, 5.41) is 23.4. The van der Waals surface area contributed by atoms with Gasteiger partial charge in [0.25, 0.3) is 0 Å². The first kappa shape index (κ1) is 74.9. The molecular weight excluding hydrogens is 935 g/mol. The molecule has 0 aliphatic rings. The van der Waals surface area contributed by atoms with E-state index in [0.717, 1.165) is 38.5 Å². The van der Waals surface area contributed by atoms with Gasteiger partial charge in [-0.3, -0.25) is 9.59 Å². The van der Waals surface area contributed by atoms with Crippen LogP contribution in [0.1, 0.15) is 412 Å². The van der Waals surface area contributed by atoms with Crippen LogP contribution in [-0.2, 0) is 14.3 Å². The second-order valence-electron chi connectivity index (χ2n) is 24.6. The van der Waals surface area contributed by atoms with E-state index in [-0.39, 0.29) is 18.5 Å². The van der Waals surface area contributed by atoms with Crippen LogP contribution in [0.4, 0.5) is 0 Å². The van der Waals surface area contributed by atoms with Crippen molar-refractivity contribution in [1.82, 2.24) is 5.32 Å². The number of nitrogens with one attached hydrogen (secondary N) is 1. The van der Waals surface area contributed by atoms with Gasteiger partial charge in [0.15, 0.2) is 0 Å². The van der Waals surface area contributed by atoms with Crippen molar-refractivity contribution in [3.8, 4) is 0 Å². The topological polar surface area (TPSA) is 95.9 Å². The van der Waals surface area contributed by atoms with Gasteiger partial charge in [0.1, 0.15) is 0 Å². The van der Waals surface area contributed by atoms with Crippen LogP contribution in [0.5, 0.6) is 0 Å². The molecule has 0 bridgehead atoms. The number of unbranched alkanes of at least 4 members (excludes halogenated alkanes) is 56. The summed E-state index contributed by atoms with van der Waals surface area (Å²) in [5.74, 6) is -0.00974. The minimum absolute atomic E-state index is 0.0194. The maximum Gasteiger partial charge on any atom is 0.305 e. The zero-order chi connectivity index (χ0) is 55.0. The first-order valence-electron chi connectivity index (χ1n) is 35.3. The Balaban J connectivity index is 3.35. The van der Waals surface area contributed by atoms with Crippen molar-refractivity contribution in [2.24, 2.45) is 0 Å². The molecular formula is C70H139NO5. The Morgan fingerprint density at radius 3 is 0.803 bits per heavy atom. The van der Waals surface area contributed by atoms with Gasteiger partial charge in [0, 0.05) is 12.8 Å². The van der Waals surface area contributed by atoms with Gasteiger partial charge in [-0.15, -0.1) is 0 Å². The third-order valence-corrected chi connectivity index (χ3v) is 16.9. The summed E-state index contributed by atoms with van der Waals surface area (Å²) in [6.07, 6.45) is 80.0. The van der Waals surface area contributed by atoms with Crippen LogP contribution in [0.2, 0.25) is 0 Å². The van der Waals surface area contributed by atoms with Crippen LogP contribution in [-0.4, -0.2) is 47.4 Å². The molecule has 0 heterocycles. The van der Waals surface area contributed by atoms with Crippen LogP contribution in [0.25, 0.3) is 0 Å². The lowest BCUT2D eigenvalue weighted by Gasteiger charge is -2.22. The van der Waals surface area contributed by atoms with Crippen molar-refractivity contribution in [1.29, 1.82) is 0 Å². The Bertz CT molecular complexity index is 1100. The molecule has 2 unspecified atom stereocenters. The van der Waals surface area contributed by atoms with Crippen molar-refractivity contribution in [2.45, 2.75) is 424 Å². The summed E-state index contributed by atoms with van der Waals surface area (Å²) < 4.78 is 5.50. The van der Waals surface area contributed by atoms with E-state index < -0.39 is 12.1 Å². The molecule has 2 atom stereocenters. The molecule has 0 aromatic carbocycles. The van der Waals surface area contributed by atoms with Crippen LogP contribution in [0.15, 0.2) is 0 Å². The fraction of sp³-hybridized carbons (Fsp3) is 0.971. The number of hydrogen-bond donors (Lipinski definition) is 3. The van der Waals surface area contributed by atoms with Crippen molar-refractivity contribution >= 4 is 11.9 Å². The fourth-order valence-corrected chi connectivity index (χ4v) is 11.5. The maximum absolute atomic E-state index is 12.5. The van der Waals surface area contributed by atoms with Gasteiger partial charge in [0.2, 0.25) is 5.91 Å². The lowest BCUT2D eigenvalue weighted by atomic mass is 10.0. The van der Waals surface area contributed by atoms with Crippen LogP contribution >= 0.6 is 0 Å². The molecule has 6 nitrogen and oxygen atoms in total. The highest BCUT2D eigenvalue weighted by atomic mass is 16.5. The molecule has 0 fully saturated rings. The molecule has 0 saturated carbocycles. The van der Waals surface area contributed by atoms with Gasteiger partial charge in [0.05, 0.1) is 25.4 Å². The van der Waals surface area contributed by atoms with Crippen molar-refractivity contribution in [3.63, 3.8) is 0 Å². The number of carbonyl (C=O) groups is 2. The minimum atomic E-state index is -0.664. The second-order valence-corrected chi connectivity index (χ2v) is 24.6. The van der Waals surface area contributed by atoms with E-state index in [0.29, 0.717) is 25.9 Å². The number of hydrogen-bond acceptors (Lipinski definition) is 5. The Morgan fingerprint density at radius 1 is 0.316 bits per heavy atom. The normalized spacial score (nSPS) is 12.4. The van der Waals surface area contributed by atoms with Gasteiger partial charge in [-0.05, 0) is 25.7 Å². The highest BCUT2D eigenvalue weighted by Gasteiger charge is 2.20. The van der Waals surface area contributed by atoms with E-state index in [1.54, 1.807) is 0 Å². The molecule has 0 rings (SSSR count). The summed E-state index contributed by atoms with van der Waals surface area (Å²) in [4.78, 5) is 24.6. The number of esters is 1. The molecule has 0 aliphatic heterocycles. The molecule has 6 heteroatoms. The molecule has 0 radical (unpaired) electrons. The monoisotopic (exact) mass is 1070 g/mol. The number of aliphatic hydroxyl groups is 2. The third-order valence-electron chi connectivity index (χ3n) is 16.9. The average molecular weight is 1070 g/mol. The van der Waals surface area contributed by atoms with Gasteiger partial charge in [-0.2, -0.15) is 0 Å². The standard InChI is InChI=1S/C70H139NO5/c1-3-5-7-9-11-13-15-17-19-21-22-28-31-34-38-42-46-50-54-58-62-68(73)67(66-72)71-69(74)63-59-55-51-47-43-39-35-32-29-26-24-23-25-27-30-33-37-41-45-49-53-57-61-65-76-70(75)64-60-56-52-48-44-40-36-20-18-16-14-12-10-8-6-4-2/h67-68,72-73H,3-66H2,1-2H3,(H,71,74). The molecule has 454 valence electrons. The summed E-state index contributed by atoms with van der Waals surface area (Å²) in [6.45, 7) is 5.01. The lowest BCUT2D eigenvalue weighted by Crippen LogP contribution is -2.45. The van der Waals surface area contributed by atoms with Gasteiger partial charge < -0.3 is 20.3 Å². The summed E-state index contributed by atoms with van der Waals surface area (Å²) in [6, 6.07) is -0.541. The highest BCUT2D eigenvalue weighted by Crippen LogP contribution is 2.20. The molecule has 0 saturated heterocycles. The summed E-state index contributed by atoms with van der Waals surface area (Å²) in [7, 11) is 0. The van der Waals surface area contributed by atoms with E-state index in [4.69, 9.17) is 4.74 Å². The first-order chi connectivity index (χ1) is 37.5. The predicted molar refractivity (Wildman–Crippen MR) is 334 cm³/mol. The number of carbonyl (C=O) groups excluding carboxylic acids is 2. The van der Waals surface area contributed by atoms with E-state index in [1.807, 2.05) is 0 Å². The molecule has 76 heavy (non-hydrogen) atoms. The molecule has 1 amide bonds. The van der Waals surface area contributed by atoms with Crippen molar-refractivity contribution in [3.05, 3.63) is 0 Å². The molecule has 0 spiro atoms. The van der Waals surface area contributed by atoms with Crippen LogP contribution in [0, 0.1) is 0 Å². The van der Waals surface area contributed by atoms with Crippen molar-refractivity contribution < 1.29 is 24.5 Å². The Kier molecular flexibility index (Phi) is 65.4. The highest BCUT2D eigenvalue weighted by molar-refractivity contribution is 5.76. The fourth-order valence-electron chi connectivity index (χ4n) is 11.5. The molecule has 0 aliphatic carbocycles. The second kappa shape index (κ2) is 66.4. The Hall–Kier alpha value is -1.14. The molecule has 3 N–H and O–H groups in total. The molecule has 0 aromatic heterocycles. The van der Waals surface area contributed by atoms with E-state index in [2.05, 4.69) is 19.2 Å². The quantitative estimate of drug-likeness (QED) is 0.0417. The zero-order valence-electron chi connectivity index (χ0n) is 52.0. The van der Waals surface area contributed by atoms with Crippen molar-refractivity contribution in [2.75, 3.05) is 13.2 Å². The largest absolute Gasteiger partial charge is 0.466 e. The first-order valence-corrected chi connectivity index (χ1v) is 35.3. The van der Waals surface area contributed by atoms with Gasteiger partial charge in [-0.1, -0.05) is 373 Å². The Labute approximate surface area is 476 Å². The third kappa shape index (κ3) is 62.1. The number of ether oxygens (including phenoxy) is 1. The maximum atomic E-state index is 12.5. The average Bonchev–Trinajstić information content (AvgIpc) is 3.42. The van der Waals surface area contributed by atoms with Crippen LogP contribution < -0.4 is 5.32 Å². The smallest absolute Gasteiger partial charge is 0.305 e. The van der Waals surface area contributed by atoms with E-state index in [1.165, 1.54) is 340 Å². The number of amides is 1. The summed E-state index contributed by atoms with van der Waals surface area (Å²) >= 11 is 0. The van der Waals surface area contributed by atoms with E-state index in [9.17, 15) is 19.8 Å². The zero-order valence-corrected chi connectivity index (χ0v) is 52.0. The van der Waals surface area contributed by atoms with E-state index >= 15 is 0 Å².